The monoisotopic (exact) mass is 223 g/mol. The van der Waals surface area contributed by atoms with Gasteiger partial charge in [-0.1, -0.05) is 10.2 Å². The number of aromatic nitrogens is 2. The van der Waals surface area contributed by atoms with Crippen molar-refractivity contribution in [3.05, 3.63) is 5.51 Å². The van der Waals surface area contributed by atoms with E-state index in [1.165, 1.54) is 12.4 Å². The van der Waals surface area contributed by atoms with Gasteiger partial charge in [0.25, 0.3) is 11.4 Å². The highest BCUT2D eigenvalue weighted by Gasteiger charge is 2.28. The number of nitrogens with one attached hydrogen (secondary N) is 1. The Balaban J connectivity index is 3.11. The number of amides is 1. The molecule has 0 spiro atoms. The maximum absolute atomic E-state index is 10.8. The summed E-state index contributed by atoms with van der Waals surface area (Å²) in [5, 5.41) is 11.5. The number of nitrogens with zero attached hydrogens (tertiary/aromatic N) is 2. The number of carbonyl (C=O) groups excluding carboxylic acids is 1. The first-order chi connectivity index (χ1) is 5.91. The van der Waals surface area contributed by atoms with E-state index in [9.17, 15) is 13.2 Å². The third kappa shape index (κ3) is 2.44. The SMILES string of the molecule is CC(=O)N[s+]1cnnc1S(N)(=O)=O. The van der Waals surface area contributed by atoms with Crippen LogP contribution in [0.5, 0.6) is 0 Å². The molecule has 1 amide bonds. The lowest BCUT2D eigenvalue weighted by atomic mass is 10.8. The molecule has 0 bridgehead atoms. The summed E-state index contributed by atoms with van der Waals surface area (Å²) in [6.07, 6.45) is 0. The van der Waals surface area contributed by atoms with Crippen LogP contribution in [0.2, 0.25) is 0 Å². The van der Waals surface area contributed by atoms with Crippen LogP contribution in [0, 0.1) is 0 Å². The average Bonchev–Trinajstić information content (AvgIpc) is 2.31. The summed E-state index contributed by atoms with van der Waals surface area (Å²) in [7, 11) is -4.99. The largest absolute Gasteiger partial charge is 0.420 e. The highest BCUT2D eigenvalue weighted by Crippen LogP contribution is 2.20. The molecule has 72 valence electrons. The highest BCUT2D eigenvalue weighted by atomic mass is 32.3. The molecule has 3 N–H and O–H groups in total. The molecule has 0 aromatic carbocycles. The van der Waals surface area contributed by atoms with Gasteiger partial charge in [0, 0.05) is 6.92 Å². The Kier molecular flexibility index (Phi) is 2.59. The number of primary sulfonamides is 1. The summed E-state index contributed by atoms with van der Waals surface area (Å²) in [4.78, 5) is 10.6. The van der Waals surface area contributed by atoms with Gasteiger partial charge in [-0.25, -0.2) is 13.6 Å². The predicted molar refractivity (Wildman–Crippen MR) is 45.9 cm³/mol. The number of hydrogen-bond acceptors (Lipinski definition) is 5. The number of hydrogen-bond donors (Lipinski definition) is 2. The molecule has 0 aliphatic carbocycles. The van der Waals surface area contributed by atoms with E-state index in [1.807, 2.05) is 0 Å². The van der Waals surface area contributed by atoms with Crippen LogP contribution in [0.25, 0.3) is 0 Å². The minimum atomic E-state index is -3.87. The molecular formula is C4H7N4O3S2+. The summed E-state index contributed by atoms with van der Waals surface area (Å²) >= 11 is 0. The Morgan fingerprint density at radius 2 is 2.31 bits per heavy atom. The van der Waals surface area contributed by atoms with Crippen molar-refractivity contribution >= 4 is 26.6 Å². The molecule has 0 fully saturated rings. The highest BCUT2D eigenvalue weighted by molar-refractivity contribution is 7.91. The molecule has 0 aliphatic rings. The molecular weight excluding hydrogens is 216 g/mol. The van der Waals surface area contributed by atoms with Crippen molar-refractivity contribution in [1.29, 1.82) is 0 Å². The molecule has 7 nitrogen and oxygen atoms in total. The Morgan fingerprint density at radius 1 is 1.69 bits per heavy atom. The molecule has 1 aromatic rings. The number of sulfonamides is 1. The second-order valence-corrected chi connectivity index (χ2v) is 5.34. The van der Waals surface area contributed by atoms with E-state index in [0.717, 1.165) is 0 Å². The zero-order chi connectivity index (χ0) is 10.1. The minimum Gasteiger partial charge on any atom is -0.271 e. The topological polar surface area (TPSA) is 115 Å². The van der Waals surface area contributed by atoms with Crippen molar-refractivity contribution in [3.63, 3.8) is 0 Å². The molecule has 13 heavy (non-hydrogen) atoms. The van der Waals surface area contributed by atoms with Gasteiger partial charge in [0.1, 0.15) is 0 Å². The Bertz CT molecular complexity index is 422. The van der Waals surface area contributed by atoms with Gasteiger partial charge < -0.3 is 0 Å². The maximum atomic E-state index is 10.8. The van der Waals surface area contributed by atoms with E-state index in [-0.39, 0.29) is 10.2 Å². The molecule has 0 radical (unpaired) electrons. The van der Waals surface area contributed by atoms with E-state index in [1.54, 1.807) is 0 Å². The van der Waals surface area contributed by atoms with Crippen molar-refractivity contribution in [2.24, 2.45) is 5.14 Å². The predicted octanol–water partition coefficient (Wildman–Crippen LogP) is -1.04. The van der Waals surface area contributed by atoms with Gasteiger partial charge in [0.2, 0.25) is 0 Å². The van der Waals surface area contributed by atoms with Gasteiger partial charge in [-0.3, -0.25) is 4.79 Å². The Labute approximate surface area is 77.1 Å². The van der Waals surface area contributed by atoms with Gasteiger partial charge in [-0.15, -0.1) is 4.72 Å². The lowest BCUT2D eigenvalue weighted by molar-refractivity contribution is -0.113. The molecule has 9 heteroatoms. The van der Waals surface area contributed by atoms with Gasteiger partial charge in [0.05, 0.1) is 0 Å². The summed E-state index contributed by atoms with van der Waals surface area (Å²) in [5.74, 6) is -0.368. The van der Waals surface area contributed by atoms with Crippen molar-refractivity contribution in [2.75, 3.05) is 4.72 Å². The van der Waals surface area contributed by atoms with Crippen molar-refractivity contribution in [2.45, 2.75) is 11.3 Å². The average molecular weight is 223 g/mol. The summed E-state index contributed by atoms with van der Waals surface area (Å²) in [6, 6.07) is 0. The van der Waals surface area contributed by atoms with E-state index in [4.69, 9.17) is 5.14 Å². The van der Waals surface area contributed by atoms with Crippen LogP contribution < -0.4 is 9.86 Å². The van der Waals surface area contributed by atoms with Crippen LogP contribution >= 0.6 is 10.7 Å². The van der Waals surface area contributed by atoms with E-state index in [0.29, 0.717) is 0 Å². The first-order valence-corrected chi connectivity index (χ1v) is 5.89. The fraction of sp³-hybridized carbons (Fsp3) is 0.250. The second kappa shape index (κ2) is 3.36. The van der Waals surface area contributed by atoms with Crippen LogP contribution in [0.3, 0.4) is 0 Å². The third-order valence-corrected chi connectivity index (χ3v) is 4.05. The summed E-state index contributed by atoms with van der Waals surface area (Å²) in [5.41, 5.74) is 1.22. The quantitative estimate of drug-likeness (QED) is 0.621. The summed E-state index contributed by atoms with van der Waals surface area (Å²) < 4.78 is 23.7. The molecule has 1 aromatic heterocycles. The first-order valence-electron chi connectivity index (χ1n) is 3.05. The smallest absolute Gasteiger partial charge is 0.271 e. The van der Waals surface area contributed by atoms with Crippen LogP contribution in [0.1, 0.15) is 6.92 Å². The molecule has 0 saturated heterocycles. The minimum absolute atomic E-state index is 0.317. The van der Waals surface area contributed by atoms with Gasteiger partial charge in [-0.05, 0) is 0 Å². The zero-order valence-electron chi connectivity index (χ0n) is 6.59. The molecule has 0 aliphatic heterocycles. The van der Waals surface area contributed by atoms with E-state index in [2.05, 4.69) is 14.9 Å². The van der Waals surface area contributed by atoms with Crippen LogP contribution in [0.4, 0.5) is 0 Å². The Hall–Kier alpha value is -1.06. The third-order valence-electron chi connectivity index (χ3n) is 0.977. The van der Waals surface area contributed by atoms with Crippen molar-refractivity contribution in [3.8, 4) is 0 Å². The molecule has 1 atom stereocenters. The van der Waals surface area contributed by atoms with Gasteiger partial charge in [-0.2, -0.15) is 0 Å². The Morgan fingerprint density at radius 3 is 2.77 bits per heavy atom. The standard InChI is InChI=1S/C4H6N4O3S2/c1-3(9)8-12-2-6-7-4(12)13(5,10)11/h2H,1H3,(H2-,5,8,9,10,11)/p+1. The van der Waals surface area contributed by atoms with Crippen molar-refractivity contribution < 1.29 is 13.2 Å². The van der Waals surface area contributed by atoms with Crippen LogP contribution in [-0.2, 0) is 14.8 Å². The van der Waals surface area contributed by atoms with Gasteiger partial charge >= 0.3 is 14.4 Å². The lowest BCUT2D eigenvalue weighted by Crippen LogP contribution is -2.15. The van der Waals surface area contributed by atoms with Crippen LogP contribution in [0.15, 0.2) is 9.85 Å². The van der Waals surface area contributed by atoms with Gasteiger partial charge in [0.15, 0.2) is 10.7 Å². The molecule has 1 rings (SSSR count). The van der Waals surface area contributed by atoms with Crippen molar-refractivity contribution in [1.82, 2.24) is 10.2 Å². The van der Waals surface area contributed by atoms with E-state index >= 15 is 0 Å². The molecule has 1 unspecified atom stereocenters. The zero-order valence-corrected chi connectivity index (χ0v) is 8.22. The normalized spacial score (nSPS) is 12.6. The second-order valence-electron chi connectivity index (χ2n) is 2.13. The number of rotatable bonds is 2. The molecule has 0 saturated carbocycles. The van der Waals surface area contributed by atoms with Crippen LogP contribution in [-0.4, -0.2) is 24.5 Å². The van der Waals surface area contributed by atoms with E-state index < -0.39 is 20.7 Å². The lowest BCUT2D eigenvalue weighted by Gasteiger charge is -1.88. The fourth-order valence-corrected chi connectivity index (χ4v) is 2.85. The number of carbonyl (C=O) groups is 1. The number of nitrogens with two attached hydrogens (primary N) is 1. The first kappa shape index (κ1) is 10.0. The fourth-order valence-electron chi connectivity index (χ4n) is 0.614. The maximum Gasteiger partial charge on any atom is 0.420 e. The summed E-state index contributed by atoms with van der Waals surface area (Å²) in [6.45, 7) is 1.26. The molecule has 1 heterocycles.